The van der Waals surface area contributed by atoms with Gasteiger partial charge >= 0.3 is 0 Å². The summed E-state index contributed by atoms with van der Waals surface area (Å²) >= 11 is 6.60. The van der Waals surface area contributed by atoms with Crippen LogP contribution in [0.5, 0.6) is 11.5 Å². The molecule has 0 aliphatic heterocycles. The van der Waals surface area contributed by atoms with Gasteiger partial charge < -0.3 is 15.2 Å². The summed E-state index contributed by atoms with van der Waals surface area (Å²) < 4.78 is 14.3. The van der Waals surface area contributed by atoms with Gasteiger partial charge in [0.25, 0.3) is 0 Å². The van der Waals surface area contributed by atoms with Gasteiger partial charge in [0, 0.05) is 17.5 Å². The van der Waals surface area contributed by atoms with E-state index in [1.165, 1.54) is 0 Å². The summed E-state index contributed by atoms with van der Waals surface area (Å²) in [4.78, 5) is 14.0. The zero-order chi connectivity index (χ0) is 25.4. The summed E-state index contributed by atoms with van der Waals surface area (Å²) in [6.45, 7) is 1.53. The van der Waals surface area contributed by atoms with Crippen LogP contribution in [-0.4, -0.2) is 22.1 Å². The third kappa shape index (κ3) is 4.14. The second kappa shape index (κ2) is 9.73. The number of hydrogen-bond acceptors (Lipinski definition) is 5. The van der Waals surface area contributed by atoms with Crippen molar-refractivity contribution < 1.29 is 14.3 Å². The number of carbonyl (C=O) groups excluding carboxylic acids is 1. The molecule has 7 heteroatoms. The minimum Gasteiger partial charge on any atom is -0.488 e. The maximum atomic E-state index is 14.0. The molecule has 6 nitrogen and oxygen atoms in total. The third-order valence-electron chi connectivity index (χ3n) is 6.50. The number of carbonyl (C=O) groups is 1. The molecule has 1 aliphatic carbocycles. The van der Waals surface area contributed by atoms with Gasteiger partial charge in [-0.05, 0) is 35.4 Å². The van der Waals surface area contributed by atoms with Crippen LogP contribution < -0.4 is 15.2 Å². The second-order valence-electron chi connectivity index (χ2n) is 8.87. The quantitative estimate of drug-likeness (QED) is 0.271. The van der Waals surface area contributed by atoms with E-state index < -0.39 is 0 Å². The lowest BCUT2D eigenvalue weighted by molar-refractivity contribution is 0.103. The average molecular weight is 510 g/mol. The highest BCUT2D eigenvalue weighted by Gasteiger charge is 2.35. The van der Waals surface area contributed by atoms with Gasteiger partial charge in [-0.25, -0.2) is 0 Å². The molecule has 5 aromatic rings. The molecule has 37 heavy (non-hydrogen) atoms. The molecule has 0 spiro atoms. The average Bonchev–Trinajstić information content (AvgIpc) is 3.31. The van der Waals surface area contributed by atoms with Crippen LogP contribution in [0, 0.1) is 0 Å². The minimum absolute atomic E-state index is 0.148. The van der Waals surface area contributed by atoms with E-state index in [9.17, 15) is 4.79 Å². The molecule has 0 unspecified atom stereocenters. The molecule has 1 heterocycles. The lowest BCUT2D eigenvalue weighted by Gasteiger charge is -2.22. The molecule has 6 rings (SSSR count). The van der Waals surface area contributed by atoms with Crippen LogP contribution in [0.1, 0.15) is 27.0 Å². The van der Waals surface area contributed by atoms with Crippen molar-refractivity contribution in [2.45, 2.75) is 19.8 Å². The molecular weight excluding hydrogens is 486 g/mol. The summed E-state index contributed by atoms with van der Waals surface area (Å²) in [5, 5.41) is 6.12. The molecule has 2 N–H and O–H groups in total. The molecule has 0 fully saturated rings. The molecule has 0 saturated heterocycles. The van der Waals surface area contributed by atoms with Crippen molar-refractivity contribution in [1.82, 2.24) is 9.78 Å². The SMILES string of the molecule is NCCn1nc2c3c(ccc(Cl)c31)C(=O)c1c(OCc3ccccc3)ccc(OCc3ccccc3)c1-2. The number of nitrogens with two attached hydrogens (primary N) is 1. The van der Waals surface area contributed by atoms with E-state index in [0.29, 0.717) is 76.1 Å². The van der Waals surface area contributed by atoms with Crippen LogP contribution in [0.2, 0.25) is 5.02 Å². The van der Waals surface area contributed by atoms with Gasteiger partial charge in [0.05, 0.1) is 28.2 Å². The molecule has 0 amide bonds. The number of nitrogens with zero attached hydrogens (tertiary/aromatic N) is 2. The first-order valence-corrected chi connectivity index (χ1v) is 12.5. The van der Waals surface area contributed by atoms with Crippen LogP contribution >= 0.6 is 11.6 Å². The Labute approximate surface area is 219 Å². The molecule has 1 aliphatic rings. The topological polar surface area (TPSA) is 79.4 Å². The van der Waals surface area contributed by atoms with Crippen LogP contribution in [-0.2, 0) is 19.8 Å². The van der Waals surface area contributed by atoms with Crippen molar-refractivity contribution in [3.05, 3.63) is 112 Å². The molecule has 184 valence electrons. The van der Waals surface area contributed by atoms with Gasteiger partial charge in [-0.15, -0.1) is 0 Å². The van der Waals surface area contributed by atoms with E-state index >= 15 is 0 Å². The molecule has 0 saturated carbocycles. The normalized spacial score (nSPS) is 12.0. The fraction of sp³-hybridized carbons (Fsp3) is 0.133. The summed E-state index contributed by atoms with van der Waals surface area (Å²) in [5.41, 5.74) is 10.8. The Morgan fingerprint density at radius 2 is 1.38 bits per heavy atom. The number of rotatable bonds is 8. The number of halogens is 1. The second-order valence-corrected chi connectivity index (χ2v) is 9.28. The zero-order valence-corrected chi connectivity index (χ0v) is 20.7. The lowest BCUT2D eigenvalue weighted by Crippen LogP contribution is -2.13. The number of hydrogen-bond donors (Lipinski definition) is 1. The molecule has 0 radical (unpaired) electrons. The summed E-state index contributed by atoms with van der Waals surface area (Å²) in [6, 6.07) is 26.9. The van der Waals surface area contributed by atoms with Crippen LogP contribution in [0.3, 0.4) is 0 Å². The number of benzene rings is 4. The summed E-state index contributed by atoms with van der Waals surface area (Å²) in [7, 11) is 0. The van der Waals surface area contributed by atoms with Gasteiger partial charge in [-0.3, -0.25) is 9.48 Å². The first kappa shape index (κ1) is 23.3. The summed E-state index contributed by atoms with van der Waals surface area (Å²) in [5.74, 6) is 0.895. The van der Waals surface area contributed by atoms with E-state index in [0.717, 1.165) is 11.1 Å². The molecule has 1 aromatic heterocycles. The van der Waals surface area contributed by atoms with Gasteiger partial charge in [0.2, 0.25) is 0 Å². The first-order valence-electron chi connectivity index (χ1n) is 12.1. The maximum absolute atomic E-state index is 14.0. The van der Waals surface area contributed by atoms with Gasteiger partial charge in [0.1, 0.15) is 30.4 Å². The smallest absolute Gasteiger partial charge is 0.198 e. The van der Waals surface area contributed by atoms with E-state index in [4.69, 9.17) is 31.9 Å². The van der Waals surface area contributed by atoms with E-state index in [-0.39, 0.29) is 5.78 Å². The Kier molecular flexibility index (Phi) is 6.12. The third-order valence-corrected chi connectivity index (χ3v) is 6.80. The van der Waals surface area contributed by atoms with Crippen molar-refractivity contribution in [3.63, 3.8) is 0 Å². The first-order chi connectivity index (χ1) is 18.2. The lowest BCUT2D eigenvalue weighted by atomic mass is 9.86. The van der Waals surface area contributed by atoms with Crippen molar-refractivity contribution in [3.8, 4) is 22.8 Å². The van der Waals surface area contributed by atoms with Gasteiger partial charge in [-0.1, -0.05) is 72.3 Å². The molecule has 0 bridgehead atoms. The van der Waals surface area contributed by atoms with Crippen molar-refractivity contribution in [2.75, 3.05) is 6.54 Å². The highest BCUT2D eigenvalue weighted by Crippen LogP contribution is 2.48. The number of fused-ring (bicyclic) bond motifs is 2. The Hall–Kier alpha value is -4.13. The zero-order valence-electron chi connectivity index (χ0n) is 20.0. The predicted octanol–water partition coefficient (Wildman–Crippen LogP) is 6.02. The fourth-order valence-corrected chi connectivity index (χ4v) is 5.05. The van der Waals surface area contributed by atoms with Crippen molar-refractivity contribution in [2.24, 2.45) is 5.73 Å². The highest BCUT2D eigenvalue weighted by molar-refractivity contribution is 6.38. The Morgan fingerprint density at radius 3 is 1.97 bits per heavy atom. The van der Waals surface area contributed by atoms with E-state index in [2.05, 4.69) is 0 Å². The van der Waals surface area contributed by atoms with Gasteiger partial charge in [0.15, 0.2) is 5.78 Å². The molecule has 0 atom stereocenters. The largest absolute Gasteiger partial charge is 0.488 e. The highest BCUT2D eigenvalue weighted by atomic mass is 35.5. The Balaban J connectivity index is 1.52. The van der Waals surface area contributed by atoms with Gasteiger partial charge in [-0.2, -0.15) is 5.10 Å². The fourth-order valence-electron chi connectivity index (χ4n) is 4.80. The Bertz CT molecular complexity index is 1610. The minimum atomic E-state index is -0.148. The number of ketones is 1. The van der Waals surface area contributed by atoms with Crippen LogP contribution in [0.15, 0.2) is 84.9 Å². The maximum Gasteiger partial charge on any atom is 0.198 e. The molecular formula is C30H24ClN3O3. The summed E-state index contributed by atoms with van der Waals surface area (Å²) in [6.07, 6.45) is 0. The predicted molar refractivity (Wildman–Crippen MR) is 144 cm³/mol. The van der Waals surface area contributed by atoms with Crippen LogP contribution in [0.25, 0.3) is 22.2 Å². The van der Waals surface area contributed by atoms with Crippen LogP contribution in [0.4, 0.5) is 0 Å². The number of ether oxygens (including phenoxy) is 2. The monoisotopic (exact) mass is 509 g/mol. The van der Waals surface area contributed by atoms with E-state index in [1.54, 1.807) is 22.9 Å². The standard InChI is InChI=1S/C30H24ClN3O3/c31-22-12-11-21-25-28(33-34(16-15-32)29(22)25)26-23(36-17-19-7-3-1-4-8-19)13-14-24(27(26)30(21)35)37-18-20-9-5-2-6-10-20/h1-14H,15-18,32H2. The van der Waals surface area contributed by atoms with Crippen molar-refractivity contribution in [1.29, 1.82) is 0 Å². The van der Waals surface area contributed by atoms with E-state index in [1.807, 2.05) is 66.7 Å². The number of aromatic nitrogens is 2. The van der Waals surface area contributed by atoms with Crippen molar-refractivity contribution >= 4 is 28.3 Å². The Morgan fingerprint density at radius 1 is 0.784 bits per heavy atom. The molecule has 4 aromatic carbocycles.